The Morgan fingerprint density at radius 3 is 2.45 bits per heavy atom. The van der Waals surface area contributed by atoms with Gasteiger partial charge in [0.15, 0.2) is 0 Å². The Hall–Kier alpha value is -1.34. The third-order valence-corrected chi connectivity index (χ3v) is 5.55. The molecule has 0 spiro atoms. The summed E-state index contributed by atoms with van der Waals surface area (Å²) in [5.74, 6) is 0.558. The zero-order valence-corrected chi connectivity index (χ0v) is 13.1. The van der Waals surface area contributed by atoms with Gasteiger partial charge in [-0.15, -0.1) is 0 Å². The van der Waals surface area contributed by atoms with Gasteiger partial charge in [-0.1, -0.05) is 0 Å². The van der Waals surface area contributed by atoms with Crippen molar-refractivity contribution in [2.24, 2.45) is 5.92 Å². The fourth-order valence-corrected chi connectivity index (χ4v) is 4.21. The predicted octanol–water partition coefficient (Wildman–Crippen LogP) is 2.79. The summed E-state index contributed by atoms with van der Waals surface area (Å²) < 4.78 is 7.10. The van der Waals surface area contributed by atoms with Crippen molar-refractivity contribution in [1.29, 1.82) is 0 Å². The molecule has 0 bridgehead atoms. The summed E-state index contributed by atoms with van der Waals surface area (Å²) in [5.41, 5.74) is 2.89. The van der Waals surface area contributed by atoms with Gasteiger partial charge in [-0.25, -0.2) is 0 Å². The first kappa shape index (κ1) is 13.6. The van der Waals surface area contributed by atoms with Crippen molar-refractivity contribution < 1.29 is 4.74 Å². The molecule has 1 atom stereocenters. The summed E-state index contributed by atoms with van der Waals surface area (Å²) >= 11 is 0.416. The summed E-state index contributed by atoms with van der Waals surface area (Å²) in [6.07, 6.45) is 1.09. The van der Waals surface area contributed by atoms with Gasteiger partial charge in [0, 0.05) is 0 Å². The maximum atomic E-state index is 5.67. The van der Waals surface area contributed by atoms with Crippen LogP contribution in [0.25, 0.3) is 0 Å². The van der Waals surface area contributed by atoms with E-state index in [2.05, 4.69) is 65.6 Å². The molecule has 0 radical (unpaired) electrons. The zero-order chi connectivity index (χ0) is 13.6. The van der Waals surface area contributed by atoms with E-state index in [0.29, 0.717) is 20.9 Å². The number of ether oxygens (including phenoxy) is 1. The van der Waals surface area contributed by atoms with Crippen LogP contribution in [0.2, 0.25) is 0 Å². The van der Waals surface area contributed by atoms with Gasteiger partial charge in [0.25, 0.3) is 0 Å². The van der Waals surface area contributed by atoms with Crippen molar-refractivity contribution in [2.45, 2.75) is 6.42 Å². The minimum absolute atomic E-state index is 0.416. The molecule has 1 aliphatic heterocycles. The van der Waals surface area contributed by atoms with Crippen molar-refractivity contribution in [3.8, 4) is 0 Å². The monoisotopic (exact) mass is 330 g/mol. The van der Waals surface area contributed by atoms with Crippen LogP contribution >= 0.6 is 0 Å². The zero-order valence-electron chi connectivity index (χ0n) is 11.4. The summed E-state index contributed by atoms with van der Waals surface area (Å²) in [5, 5.41) is 0. The molecule has 0 aliphatic carbocycles. The molecule has 2 aromatic carbocycles. The Balaban J connectivity index is 1.66. The number of hydrogen-bond donors (Lipinski definition) is 0. The first-order chi connectivity index (χ1) is 9.92. The van der Waals surface area contributed by atoms with Crippen molar-refractivity contribution in [3.63, 3.8) is 0 Å². The summed E-state index contributed by atoms with van der Waals surface area (Å²) in [7, 11) is 0. The van der Waals surface area contributed by atoms with Crippen LogP contribution in [-0.2, 0) is 11.2 Å². The van der Waals surface area contributed by atoms with Crippen LogP contribution in [0.4, 0.5) is 0 Å². The molecule has 102 valence electrons. The second-order valence-electron chi connectivity index (χ2n) is 5.03. The molecule has 1 fully saturated rings. The van der Waals surface area contributed by atoms with E-state index in [1.807, 2.05) is 0 Å². The van der Waals surface area contributed by atoms with Crippen LogP contribution < -0.4 is 4.46 Å². The SMILES string of the molecule is C(/[Se]c1ccccc1)=C1/COCC1Cc1ccccc1. The Morgan fingerprint density at radius 1 is 1.00 bits per heavy atom. The van der Waals surface area contributed by atoms with Gasteiger partial charge in [0.05, 0.1) is 0 Å². The van der Waals surface area contributed by atoms with Crippen molar-refractivity contribution >= 4 is 19.4 Å². The summed E-state index contributed by atoms with van der Waals surface area (Å²) in [4.78, 5) is 2.42. The Morgan fingerprint density at radius 2 is 1.70 bits per heavy atom. The topological polar surface area (TPSA) is 9.23 Å². The number of rotatable bonds is 4. The normalized spacial score (nSPS) is 20.4. The number of benzene rings is 2. The van der Waals surface area contributed by atoms with Crippen LogP contribution in [0, 0.1) is 5.92 Å². The van der Waals surface area contributed by atoms with Crippen LogP contribution in [0.1, 0.15) is 5.56 Å². The van der Waals surface area contributed by atoms with Crippen molar-refractivity contribution in [1.82, 2.24) is 0 Å². The molecule has 20 heavy (non-hydrogen) atoms. The molecule has 0 saturated carbocycles. The van der Waals surface area contributed by atoms with E-state index in [0.717, 1.165) is 19.6 Å². The molecule has 0 aromatic heterocycles. The second kappa shape index (κ2) is 6.90. The quantitative estimate of drug-likeness (QED) is 0.784. The molecule has 1 saturated heterocycles. The molecule has 1 nitrogen and oxygen atoms in total. The van der Waals surface area contributed by atoms with E-state index in [9.17, 15) is 0 Å². The molecule has 0 amide bonds. The van der Waals surface area contributed by atoms with Crippen LogP contribution in [0.5, 0.6) is 0 Å². The first-order valence-corrected chi connectivity index (χ1v) is 8.79. The number of hydrogen-bond acceptors (Lipinski definition) is 1. The van der Waals surface area contributed by atoms with Crippen LogP contribution in [-0.4, -0.2) is 28.2 Å². The fraction of sp³-hybridized carbons (Fsp3) is 0.222. The van der Waals surface area contributed by atoms with Gasteiger partial charge < -0.3 is 0 Å². The van der Waals surface area contributed by atoms with Crippen LogP contribution in [0.15, 0.2) is 71.2 Å². The molecular formula is C18H18OSe. The molecule has 2 heteroatoms. The fourth-order valence-electron chi connectivity index (χ4n) is 2.41. The van der Waals surface area contributed by atoms with Gasteiger partial charge in [-0.05, 0) is 0 Å². The van der Waals surface area contributed by atoms with E-state index < -0.39 is 0 Å². The molecule has 0 N–H and O–H groups in total. The van der Waals surface area contributed by atoms with Gasteiger partial charge in [0.1, 0.15) is 0 Å². The predicted molar refractivity (Wildman–Crippen MR) is 84.4 cm³/mol. The molecule has 2 aromatic rings. The third-order valence-electron chi connectivity index (χ3n) is 3.53. The van der Waals surface area contributed by atoms with Crippen molar-refractivity contribution in [2.75, 3.05) is 13.2 Å². The van der Waals surface area contributed by atoms with E-state index in [4.69, 9.17) is 4.74 Å². The van der Waals surface area contributed by atoms with E-state index in [-0.39, 0.29) is 0 Å². The van der Waals surface area contributed by atoms with Gasteiger partial charge >= 0.3 is 126 Å². The van der Waals surface area contributed by atoms with Gasteiger partial charge in [0.2, 0.25) is 0 Å². The molecule has 1 heterocycles. The summed E-state index contributed by atoms with van der Waals surface area (Å²) in [6, 6.07) is 21.4. The van der Waals surface area contributed by atoms with E-state index in [1.165, 1.54) is 15.6 Å². The minimum atomic E-state index is 0.416. The first-order valence-electron chi connectivity index (χ1n) is 6.94. The molecule has 1 unspecified atom stereocenters. The average molecular weight is 329 g/mol. The molecule has 3 rings (SSSR count). The van der Waals surface area contributed by atoms with Gasteiger partial charge in [-0.3, -0.25) is 0 Å². The Bertz CT molecular complexity index is 562. The summed E-state index contributed by atoms with van der Waals surface area (Å²) in [6.45, 7) is 1.68. The van der Waals surface area contributed by atoms with Crippen LogP contribution in [0.3, 0.4) is 0 Å². The van der Waals surface area contributed by atoms with E-state index in [1.54, 1.807) is 0 Å². The third kappa shape index (κ3) is 3.61. The standard InChI is InChI=1S/C18H18OSe/c1-3-7-15(8-4-1)11-16-12-19-13-17(16)14-20-18-9-5-2-6-10-18/h1-10,14,16H,11-13H2/b17-14+. The molecular weight excluding hydrogens is 311 g/mol. The van der Waals surface area contributed by atoms with Gasteiger partial charge in [-0.2, -0.15) is 0 Å². The van der Waals surface area contributed by atoms with Crippen molar-refractivity contribution in [3.05, 3.63) is 76.8 Å². The van der Waals surface area contributed by atoms with E-state index >= 15 is 0 Å². The maximum absolute atomic E-state index is 5.67. The Labute approximate surface area is 126 Å². The Kier molecular flexibility index (Phi) is 4.70. The second-order valence-corrected chi connectivity index (χ2v) is 7.00. The average Bonchev–Trinajstić information content (AvgIpc) is 2.94. The molecule has 1 aliphatic rings.